The molecule has 0 saturated carbocycles. The highest BCUT2D eigenvalue weighted by Crippen LogP contribution is 2.44. The Morgan fingerprint density at radius 1 is 1.00 bits per heavy atom. The fourth-order valence-corrected chi connectivity index (χ4v) is 5.98. The van der Waals surface area contributed by atoms with Gasteiger partial charge in [-0.1, -0.05) is 67.1 Å². The first kappa shape index (κ1) is 24.5. The summed E-state index contributed by atoms with van der Waals surface area (Å²) in [5.74, 6) is 0.635. The number of ether oxygens (including phenoxy) is 1. The van der Waals surface area contributed by atoms with Crippen molar-refractivity contribution in [3.63, 3.8) is 0 Å². The quantitative estimate of drug-likeness (QED) is 0.197. The third-order valence-electron chi connectivity index (χ3n) is 7.21. The number of fused-ring (bicyclic) bond motifs is 5. The van der Waals surface area contributed by atoms with Crippen molar-refractivity contribution in [2.24, 2.45) is 0 Å². The maximum absolute atomic E-state index is 12.0. The van der Waals surface area contributed by atoms with Gasteiger partial charge in [-0.25, -0.2) is 0 Å². The van der Waals surface area contributed by atoms with Gasteiger partial charge in [-0.15, -0.1) is 4.57 Å². The van der Waals surface area contributed by atoms with Crippen molar-refractivity contribution in [2.45, 2.75) is 38.8 Å². The molecule has 0 amide bonds. The van der Waals surface area contributed by atoms with Gasteiger partial charge in [0, 0.05) is 24.4 Å². The van der Waals surface area contributed by atoms with Crippen LogP contribution in [0, 0.1) is 0 Å². The van der Waals surface area contributed by atoms with Gasteiger partial charge >= 0.3 is 16.0 Å². The Kier molecular flexibility index (Phi) is 6.08. The van der Waals surface area contributed by atoms with Crippen LogP contribution in [0.3, 0.4) is 0 Å². The highest BCUT2D eigenvalue weighted by atomic mass is 32.2. The fourth-order valence-electron chi connectivity index (χ4n) is 5.39. The molecular formula is C30H29N2O5S+. The number of aromatic nitrogens is 1. The van der Waals surface area contributed by atoms with E-state index in [1.165, 1.54) is 9.95 Å². The van der Waals surface area contributed by atoms with Gasteiger partial charge < -0.3 is 14.1 Å². The molecule has 38 heavy (non-hydrogen) atoms. The molecule has 5 aromatic rings. The van der Waals surface area contributed by atoms with Crippen LogP contribution in [0.2, 0.25) is 0 Å². The van der Waals surface area contributed by atoms with E-state index in [0.29, 0.717) is 23.4 Å². The summed E-state index contributed by atoms with van der Waals surface area (Å²) < 4.78 is 47.7. The van der Waals surface area contributed by atoms with Crippen LogP contribution in [0.4, 0.5) is 5.69 Å². The van der Waals surface area contributed by atoms with E-state index < -0.39 is 16.0 Å². The second kappa shape index (κ2) is 9.45. The van der Waals surface area contributed by atoms with E-state index in [-0.39, 0.29) is 6.23 Å². The van der Waals surface area contributed by atoms with Gasteiger partial charge in [0.15, 0.2) is 6.23 Å². The van der Waals surface area contributed by atoms with Crippen LogP contribution in [0.25, 0.3) is 38.7 Å². The summed E-state index contributed by atoms with van der Waals surface area (Å²) in [7, 11) is -4.31. The number of hydrogen-bond acceptors (Lipinski definition) is 5. The van der Waals surface area contributed by atoms with Gasteiger partial charge in [0.1, 0.15) is 5.75 Å². The van der Waals surface area contributed by atoms with Gasteiger partial charge in [-0.3, -0.25) is 4.55 Å². The van der Waals surface area contributed by atoms with Crippen LogP contribution >= 0.6 is 0 Å². The first-order valence-corrected chi connectivity index (χ1v) is 14.4. The molecule has 6 rings (SSSR count). The van der Waals surface area contributed by atoms with E-state index in [2.05, 4.69) is 36.9 Å². The molecule has 8 heteroatoms. The van der Waals surface area contributed by atoms with Crippen molar-refractivity contribution >= 4 is 54.5 Å². The second-order valence-corrected chi connectivity index (χ2v) is 11.0. The summed E-state index contributed by atoms with van der Waals surface area (Å²) in [4.78, 5) is 2.28. The lowest BCUT2D eigenvalue weighted by Gasteiger charge is -2.25. The summed E-state index contributed by atoms with van der Waals surface area (Å²) in [6.07, 6.45) is 3.01. The maximum Gasteiger partial charge on any atom is 0.375 e. The van der Waals surface area contributed by atoms with Crippen molar-refractivity contribution in [1.82, 2.24) is 0 Å². The van der Waals surface area contributed by atoms with E-state index >= 15 is 0 Å². The number of hydrogen-bond donors (Lipinski definition) is 1. The van der Waals surface area contributed by atoms with Crippen molar-refractivity contribution in [3.05, 3.63) is 84.3 Å². The second-order valence-electron chi connectivity index (χ2n) is 9.60. The minimum atomic E-state index is -4.31. The Labute approximate surface area is 221 Å². The highest BCUT2D eigenvalue weighted by molar-refractivity contribution is 7.84. The summed E-state index contributed by atoms with van der Waals surface area (Å²) in [5.41, 5.74) is 3.30. The zero-order valence-electron chi connectivity index (χ0n) is 21.3. The monoisotopic (exact) mass is 529 g/mol. The molecule has 1 N–H and O–H groups in total. The molecule has 0 saturated heterocycles. The third-order valence-corrected chi connectivity index (χ3v) is 7.80. The molecular weight excluding hydrogens is 500 g/mol. The zero-order valence-corrected chi connectivity index (χ0v) is 22.1. The predicted molar refractivity (Wildman–Crippen MR) is 150 cm³/mol. The Bertz CT molecular complexity index is 1820. The van der Waals surface area contributed by atoms with Crippen LogP contribution in [-0.4, -0.2) is 25.7 Å². The molecule has 0 fully saturated rings. The summed E-state index contributed by atoms with van der Waals surface area (Å²) in [6.45, 7) is 4.96. The molecule has 194 valence electrons. The van der Waals surface area contributed by atoms with E-state index in [9.17, 15) is 13.0 Å². The number of oxazole rings is 1. The summed E-state index contributed by atoms with van der Waals surface area (Å²) in [5, 5.41) is 4.27. The van der Waals surface area contributed by atoms with Gasteiger partial charge in [0.05, 0.1) is 11.8 Å². The van der Waals surface area contributed by atoms with Crippen LogP contribution in [0.15, 0.2) is 82.8 Å². The summed E-state index contributed by atoms with van der Waals surface area (Å²) in [6, 6.07) is 24.0. The van der Waals surface area contributed by atoms with Gasteiger partial charge in [-0.2, -0.15) is 8.42 Å². The molecule has 0 spiro atoms. The zero-order chi connectivity index (χ0) is 26.4. The van der Waals surface area contributed by atoms with E-state index in [1.807, 2.05) is 60.7 Å². The molecule has 0 aliphatic carbocycles. The molecule has 1 unspecified atom stereocenters. The molecule has 1 aromatic heterocycles. The lowest BCUT2D eigenvalue weighted by atomic mass is 10.1. The van der Waals surface area contributed by atoms with Crippen LogP contribution in [0.1, 0.15) is 32.6 Å². The van der Waals surface area contributed by atoms with Crippen LogP contribution in [0.5, 0.6) is 5.75 Å². The Morgan fingerprint density at radius 2 is 1.71 bits per heavy atom. The van der Waals surface area contributed by atoms with Crippen LogP contribution in [-0.2, 0) is 16.0 Å². The minimum Gasteiger partial charge on any atom is -0.468 e. The predicted octanol–water partition coefficient (Wildman–Crippen LogP) is 6.30. The number of nitrogens with zero attached hydrogens (tertiary/aromatic N) is 2. The fraction of sp³-hybridized carbons (Fsp3) is 0.233. The van der Waals surface area contributed by atoms with E-state index in [1.54, 1.807) is 0 Å². The van der Waals surface area contributed by atoms with Crippen LogP contribution < -0.4 is 14.2 Å². The number of anilines is 1. The average Bonchev–Trinajstić information content (AvgIpc) is 3.42. The Balaban J connectivity index is 1.40. The van der Waals surface area contributed by atoms with Crippen molar-refractivity contribution < 1.29 is 26.7 Å². The standard InChI is InChI=1S/C30H28N2O5S/c1-3-20(15-28-31(4-2)30-24-12-8-7-9-21(24)13-14-26(30)36-28)16-29-32(19-38(33,34)35)25-17-22-10-5-6-11-23(22)18-27(25)37-29/h5-14,16-18,28H,3-4,15,19H2,1-2H3/p+1. The van der Waals surface area contributed by atoms with Crippen molar-refractivity contribution in [3.8, 4) is 5.75 Å². The normalized spacial score (nSPS) is 15.9. The smallest absolute Gasteiger partial charge is 0.375 e. The van der Waals surface area contributed by atoms with Gasteiger partial charge in [-0.05, 0) is 41.6 Å². The largest absolute Gasteiger partial charge is 0.468 e. The molecule has 4 aromatic carbocycles. The molecule has 1 aliphatic heterocycles. The van der Waals surface area contributed by atoms with E-state index in [4.69, 9.17) is 9.15 Å². The molecule has 2 heterocycles. The van der Waals surface area contributed by atoms with E-state index in [0.717, 1.165) is 46.1 Å². The molecule has 1 aliphatic rings. The Morgan fingerprint density at radius 3 is 2.42 bits per heavy atom. The SMILES string of the molecule is CCC(=Cc1oc2cc3ccccc3cc2[n+]1CS(=O)(=O)O)CC1Oc2ccc3ccccc3c2N1CC. The number of rotatable bonds is 7. The first-order chi connectivity index (χ1) is 18.3. The van der Waals surface area contributed by atoms with Crippen molar-refractivity contribution in [2.75, 3.05) is 11.4 Å². The first-order valence-electron chi connectivity index (χ1n) is 12.8. The molecule has 0 bridgehead atoms. The average molecular weight is 530 g/mol. The maximum atomic E-state index is 12.0. The summed E-state index contributed by atoms with van der Waals surface area (Å²) >= 11 is 0. The Hall–Kier alpha value is -3.88. The molecule has 0 radical (unpaired) electrons. The van der Waals surface area contributed by atoms with Crippen molar-refractivity contribution in [1.29, 1.82) is 0 Å². The molecule has 7 nitrogen and oxygen atoms in total. The highest BCUT2D eigenvalue weighted by Gasteiger charge is 2.33. The lowest BCUT2D eigenvalue weighted by Crippen LogP contribution is -2.39. The molecule has 1 atom stereocenters. The number of benzene rings is 4. The van der Waals surface area contributed by atoms with Gasteiger partial charge in [0.2, 0.25) is 5.58 Å². The minimum absolute atomic E-state index is 0.200. The topological polar surface area (TPSA) is 83.9 Å². The third kappa shape index (κ3) is 4.40. The van der Waals surface area contributed by atoms with Gasteiger partial charge in [0.25, 0.3) is 11.4 Å². The lowest BCUT2D eigenvalue weighted by molar-refractivity contribution is -0.658.